The van der Waals surface area contributed by atoms with Gasteiger partial charge >= 0.3 is 0 Å². The van der Waals surface area contributed by atoms with E-state index in [4.69, 9.17) is 19.9 Å². The summed E-state index contributed by atoms with van der Waals surface area (Å²) in [4.78, 5) is 27.6. The van der Waals surface area contributed by atoms with Gasteiger partial charge in [0.15, 0.2) is 29.7 Å². The number of ether oxygens (including phenoxy) is 3. The van der Waals surface area contributed by atoms with Gasteiger partial charge in [-0.3, -0.25) is 9.59 Å². The van der Waals surface area contributed by atoms with Crippen molar-refractivity contribution in [3.05, 3.63) is 48.2 Å². The van der Waals surface area contributed by atoms with Crippen LogP contribution in [0.4, 0.5) is 5.82 Å². The minimum absolute atomic E-state index is 0.247. The Morgan fingerprint density at radius 1 is 1.12 bits per heavy atom. The van der Waals surface area contributed by atoms with Gasteiger partial charge in [-0.15, -0.1) is 0 Å². The lowest BCUT2D eigenvalue weighted by atomic mass is 9.90. The highest BCUT2D eigenvalue weighted by molar-refractivity contribution is 6.02. The SMILES string of the molecule is COc1cc(/C=C/C(=O)Nc2ncccc2OCC2CCCCC2)ccc1OCC(N)=O. The highest BCUT2D eigenvalue weighted by Crippen LogP contribution is 2.29. The number of anilines is 1. The van der Waals surface area contributed by atoms with E-state index in [1.807, 2.05) is 6.07 Å². The normalized spacial score (nSPS) is 14.2. The lowest BCUT2D eigenvalue weighted by molar-refractivity contribution is -0.120. The number of carbonyl (C=O) groups excluding carboxylic acids is 2. The van der Waals surface area contributed by atoms with Crippen LogP contribution in [-0.2, 0) is 9.59 Å². The lowest BCUT2D eigenvalue weighted by Crippen LogP contribution is -2.20. The average Bonchev–Trinajstić information content (AvgIpc) is 2.81. The number of aromatic nitrogens is 1. The molecule has 8 heteroatoms. The second-order valence-electron chi connectivity index (χ2n) is 7.65. The van der Waals surface area contributed by atoms with Gasteiger partial charge in [0.25, 0.3) is 5.91 Å². The first kappa shape index (κ1) is 23.1. The topological polar surface area (TPSA) is 113 Å². The maximum absolute atomic E-state index is 12.4. The molecular formula is C24H29N3O5. The number of methoxy groups -OCH3 is 1. The number of primary amides is 1. The number of amides is 2. The molecule has 1 aromatic heterocycles. The van der Waals surface area contributed by atoms with Crippen molar-refractivity contribution in [2.45, 2.75) is 32.1 Å². The molecule has 3 N–H and O–H groups in total. The van der Waals surface area contributed by atoms with E-state index >= 15 is 0 Å². The predicted molar refractivity (Wildman–Crippen MR) is 122 cm³/mol. The zero-order chi connectivity index (χ0) is 22.8. The maximum atomic E-state index is 12.4. The molecule has 0 spiro atoms. The van der Waals surface area contributed by atoms with Crippen LogP contribution in [0.15, 0.2) is 42.6 Å². The van der Waals surface area contributed by atoms with Crippen molar-refractivity contribution in [3.63, 3.8) is 0 Å². The summed E-state index contributed by atoms with van der Waals surface area (Å²) in [5.74, 6) is 1.42. The van der Waals surface area contributed by atoms with Crippen molar-refractivity contribution in [3.8, 4) is 17.2 Å². The minimum Gasteiger partial charge on any atom is -0.493 e. The fraction of sp³-hybridized carbons (Fsp3) is 0.375. The molecule has 0 unspecified atom stereocenters. The van der Waals surface area contributed by atoms with Crippen molar-refractivity contribution < 1.29 is 23.8 Å². The quantitative estimate of drug-likeness (QED) is 0.547. The molecule has 0 atom stereocenters. The maximum Gasteiger partial charge on any atom is 0.255 e. The molecule has 1 saturated carbocycles. The number of hydrogen-bond acceptors (Lipinski definition) is 6. The first-order chi connectivity index (χ1) is 15.5. The molecule has 32 heavy (non-hydrogen) atoms. The van der Waals surface area contributed by atoms with Crippen molar-refractivity contribution in [1.29, 1.82) is 0 Å². The second-order valence-corrected chi connectivity index (χ2v) is 7.65. The fourth-order valence-electron chi connectivity index (χ4n) is 3.55. The summed E-state index contributed by atoms with van der Waals surface area (Å²) in [6.45, 7) is 0.386. The first-order valence-electron chi connectivity index (χ1n) is 10.7. The summed E-state index contributed by atoms with van der Waals surface area (Å²) in [7, 11) is 1.49. The van der Waals surface area contributed by atoms with Gasteiger partial charge in [0.2, 0.25) is 5.91 Å². The third kappa shape index (κ3) is 7.01. The molecule has 1 aliphatic rings. The van der Waals surface area contributed by atoms with Gasteiger partial charge < -0.3 is 25.3 Å². The van der Waals surface area contributed by atoms with E-state index < -0.39 is 5.91 Å². The highest BCUT2D eigenvalue weighted by Gasteiger charge is 2.15. The summed E-state index contributed by atoms with van der Waals surface area (Å²) in [5.41, 5.74) is 5.82. The zero-order valence-corrected chi connectivity index (χ0v) is 18.2. The van der Waals surface area contributed by atoms with Gasteiger partial charge in [-0.25, -0.2) is 4.98 Å². The molecule has 1 aliphatic carbocycles. The molecule has 1 heterocycles. The van der Waals surface area contributed by atoms with E-state index in [9.17, 15) is 9.59 Å². The molecule has 8 nitrogen and oxygen atoms in total. The van der Waals surface area contributed by atoms with Gasteiger partial charge in [0.1, 0.15) is 0 Å². The van der Waals surface area contributed by atoms with Crippen LogP contribution in [0, 0.1) is 5.92 Å². The number of pyridine rings is 1. The van der Waals surface area contributed by atoms with Crippen LogP contribution in [0.25, 0.3) is 6.08 Å². The van der Waals surface area contributed by atoms with Crippen molar-refractivity contribution in [2.24, 2.45) is 11.7 Å². The van der Waals surface area contributed by atoms with Gasteiger partial charge in [0.05, 0.1) is 13.7 Å². The Morgan fingerprint density at radius 3 is 2.69 bits per heavy atom. The van der Waals surface area contributed by atoms with Crippen LogP contribution in [0.2, 0.25) is 0 Å². The predicted octanol–water partition coefficient (Wildman–Crippen LogP) is 3.57. The molecule has 3 rings (SSSR count). The van der Waals surface area contributed by atoms with Gasteiger partial charge in [-0.2, -0.15) is 0 Å². The van der Waals surface area contributed by atoms with Crippen LogP contribution in [0.1, 0.15) is 37.7 Å². The van der Waals surface area contributed by atoms with Gasteiger partial charge in [-0.1, -0.05) is 25.3 Å². The third-order valence-electron chi connectivity index (χ3n) is 5.20. The Bertz CT molecular complexity index is 954. The zero-order valence-electron chi connectivity index (χ0n) is 18.2. The van der Waals surface area contributed by atoms with E-state index in [1.165, 1.54) is 45.3 Å². The molecule has 0 aliphatic heterocycles. The van der Waals surface area contributed by atoms with Crippen LogP contribution in [0.3, 0.4) is 0 Å². The number of nitrogens with one attached hydrogen (secondary N) is 1. The number of carbonyl (C=O) groups is 2. The number of hydrogen-bond donors (Lipinski definition) is 2. The highest BCUT2D eigenvalue weighted by atomic mass is 16.5. The Hall–Kier alpha value is -3.55. The number of nitrogens with two attached hydrogens (primary N) is 1. The summed E-state index contributed by atoms with van der Waals surface area (Å²) in [6, 6.07) is 8.68. The molecular weight excluding hydrogens is 410 g/mol. The van der Waals surface area contributed by atoms with Crippen LogP contribution in [0.5, 0.6) is 17.2 Å². The molecule has 0 saturated heterocycles. The summed E-state index contributed by atoms with van der Waals surface area (Å²) in [5, 5.41) is 2.77. The van der Waals surface area contributed by atoms with E-state index in [-0.39, 0.29) is 12.5 Å². The van der Waals surface area contributed by atoms with E-state index in [0.717, 1.165) is 5.56 Å². The lowest BCUT2D eigenvalue weighted by Gasteiger charge is -2.22. The molecule has 1 fully saturated rings. The smallest absolute Gasteiger partial charge is 0.255 e. The fourth-order valence-corrected chi connectivity index (χ4v) is 3.55. The number of nitrogens with zero attached hydrogens (tertiary/aromatic N) is 1. The van der Waals surface area contributed by atoms with Gasteiger partial charge in [-0.05, 0) is 54.7 Å². The number of benzene rings is 1. The Kier molecular flexibility index (Phi) is 8.48. The Labute approximate surface area is 187 Å². The van der Waals surface area contributed by atoms with E-state index in [2.05, 4.69) is 10.3 Å². The standard InChI is InChI=1S/C24H29N3O5/c1-30-21-14-17(9-11-19(21)32-16-22(25)28)10-12-23(29)27-24-20(8-5-13-26-24)31-15-18-6-3-2-4-7-18/h5,8-14,18H,2-4,6-7,15-16H2,1H3,(H2,25,28)(H,26,27,29)/b12-10+. The summed E-state index contributed by atoms with van der Waals surface area (Å²) in [6.07, 6.45) is 10.8. The molecule has 0 bridgehead atoms. The minimum atomic E-state index is -0.579. The van der Waals surface area contributed by atoms with Gasteiger partial charge in [0, 0.05) is 12.3 Å². The van der Waals surface area contributed by atoms with Crippen molar-refractivity contribution in [1.82, 2.24) is 4.98 Å². The Morgan fingerprint density at radius 2 is 1.94 bits per heavy atom. The molecule has 2 amide bonds. The summed E-state index contributed by atoms with van der Waals surface area (Å²) >= 11 is 0. The first-order valence-corrected chi connectivity index (χ1v) is 10.7. The third-order valence-corrected chi connectivity index (χ3v) is 5.20. The number of rotatable bonds is 10. The van der Waals surface area contributed by atoms with E-state index in [1.54, 1.807) is 36.5 Å². The van der Waals surface area contributed by atoms with Crippen LogP contribution in [-0.4, -0.2) is 37.1 Å². The molecule has 170 valence electrons. The largest absolute Gasteiger partial charge is 0.493 e. The molecule has 0 radical (unpaired) electrons. The van der Waals surface area contributed by atoms with Crippen LogP contribution < -0.4 is 25.3 Å². The molecule has 1 aromatic carbocycles. The molecule has 2 aromatic rings. The van der Waals surface area contributed by atoms with Crippen molar-refractivity contribution in [2.75, 3.05) is 25.6 Å². The van der Waals surface area contributed by atoms with Crippen LogP contribution >= 0.6 is 0 Å². The average molecular weight is 440 g/mol. The Balaban J connectivity index is 1.60. The van der Waals surface area contributed by atoms with Crippen molar-refractivity contribution >= 4 is 23.7 Å². The second kappa shape index (κ2) is 11.7. The monoisotopic (exact) mass is 439 g/mol. The summed E-state index contributed by atoms with van der Waals surface area (Å²) < 4.78 is 16.5. The van der Waals surface area contributed by atoms with E-state index in [0.29, 0.717) is 35.6 Å².